The summed E-state index contributed by atoms with van der Waals surface area (Å²) in [5.41, 5.74) is 0. The van der Waals surface area contributed by atoms with E-state index < -0.39 is 0 Å². The maximum Gasteiger partial charge on any atom is 0.0829 e. The molecule has 3 fully saturated rings. The van der Waals surface area contributed by atoms with Gasteiger partial charge in [0, 0.05) is 31.7 Å². The van der Waals surface area contributed by atoms with Gasteiger partial charge in [-0.2, -0.15) is 0 Å². The second kappa shape index (κ2) is 6.53. The molecule has 0 spiro atoms. The number of rotatable bonds is 3. The van der Waals surface area contributed by atoms with E-state index in [-0.39, 0.29) is 0 Å². The molecular formula is C15H29N3O. The van der Waals surface area contributed by atoms with E-state index in [9.17, 15) is 0 Å². The molecule has 0 saturated carbocycles. The van der Waals surface area contributed by atoms with Gasteiger partial charge >= 0.3 is 0 Å². The maximum atomic E-state index is 6.10. The molecule has 3 unspecified atom stereocenters. The van der Waals surface area contributed by atoms with Crippen LogP contribution in [0.1, 0.15) is 32.6 Å². The third-order valence-electron chi connectivity index (χ3n) is 4.98. The maximum absolute atomic E-state index is 6.10. The predicted octanol–water partition coefficient (Wildman–Crippen LogP) is 0.924. The third kappa shape index (κ3) is 3.48. The highest BCUT2D eigenvalue weighted by Crippen LogP contribution is 2.23. The lowest BCUT2D eigenvalue weighted by Crippen LogP contribution is -2.51. The van der Waals surface area contributed by atoms with Crippen LogP contribution in [0.3, 0.4) is 0 Å². The summed E-state index contributed by atoms with van der Waals surface area (Å²) in [6, 6.07) is 1.40. The van der Waals surface area contributed by atoms with Crippen LogP contribution in [0.2, 0.25) is 0 Å². The Hall–Kier alpha value is -0.160. The van der Waals surface area contributed by atoms with Crippen molar-refractivity contribution in [3.05, 3.63) is 0 Å². The normalized spacial score (nSPS) is 38.1. The molecule has 110 valence electrons. The van der Waals surface area contributed by atoms with Crippen LogP contribution >= 0.6 is 0 Å². The minimum Gasteiger partial charge on any atom is -0.374 e. The predicted molar refractivity (Wildman–Crippen MR) is 77.5 cm³/mol. The first-order valence-corrected chi connectivity index (χ1v) is 8.16. The monoisotopic (exact) mass is 267 g/mol. The molecule has 0 aromatic rings. The first-order chi connectivity index (χ1) is 9.35. The standard InChI is InChI=1S/C15H29N3O/c1-2-13-9-17(7-4-6-16-13)10-15-11-18-8-3-5-14(18)12-19-15/h13-16H,2-12H2,1H3. The summed E-state index contributed by atoms with van der Waals surface area (Å²) < 4.78 is 6.10. The average Bonchev–Trinajstić information content (AvgIpc) is 2.77. The first-order valence-electron chi connectivity index (χ1n) is 8.16. The van der Waals surface area contributed by atoms with Crippen LogP contribution in [-0.4, -0.2) is 73.9 Å². The number of morpholine rings is 1. The van der Waals surface area contributed by atoms with E-state index in [0.29, 0.717) is 12.1 Å². The van der Waals surface area contributed by atoms with Gasteiger partial charge in [0.25, 0.3) is 0 Å². The van der Waals surface area contributed by atoms with E-state index in [1.54, 1.807) is 0 Å². The van der Waals surface area contributed by atoms with Crippen molar-refractivity contribution in [1.82, 2.24) is 15.1 Å². The smallest absolute Gasteiger partial charge is 0.0829 e. The Morgan fingerprint density at radius 2 is 2.16 bits per heavy atom. The Kier molecular flexibility index (Phi) is 4.74. The Balaban J connectivity index is 1.49. The number of ether oxygens (including phenoxy) is 1. The summed E-state index contributed by atoms with van der Waals surface area (Å²) in [5.74, 6) is 0. The van der Waals surface area contributed by atoms with Gasteiger partial charge in [0.05, 0.1) is 12.7 Å². The molecule has 3 aliphatic rings. The molecule has 19 heavy (non-hydrogen) atoms. The van der Waals surface area contributed by atoms with Gasteiger partial charge < -0.3 is 10.1 Å². The molecule has 4 heteroatoms. The van der Waals surface area contributed by atoms with Crippen molar-refractivity contribution < 1.29 is 4.74 Å². The van der Waals surface area contributed by atoms with E-state index >= 15 is 0 Å². The quantitative estimate of drug-likeness (QED) is 0.823. The van der Waals surface area contributed by atoms with E-state index in [1.807, 2.05) is 0 Å². The van der Waals surface area contributed by atoms with Gasteiger partial charge in [-0.3, -0.25) is 9.80 Å². The zero-order chi connectivity index (χ0) is 13.1. The summed E-state index contributed by atoms with van der Waals surface area (Å²) >= 11 is 0. The molecule has 3 saturated heterocycles. The van der Waals surface area contributed by atoms with Crippen molar-refractivity contribution in [2.45, 2.75) is 50.8 Å². The molecule has 4 nitrogen and oxygen atoms in total. The third-order valence-corrected chi connectivity index (χ3v) is 4.98. The van der Waals surface area contributed by atoms with Crippen LogP contribution in [0.25, 0.3) is 0 Å². The Morgan fingerprint density at radius 1 is 1.21 bits per heavy atom. The van der Waals surface area contributed by atoms with Crippen LogP contribution in [0.15, 0.2) is 0 Å². The Morgan fingerprint density at radius 3 is 3.05 bits per heavy atom. The molecule has 3 atom stereocenters. The Bertz CT molecular complexity index is 287. The molecule has 1 N–H and O–H groups in total. The fourth-order valence-corrected chi connectivity index (χ4v) is 3.80. The van der Waals surface area contributed by atoms with Gasteiger partial charge in [-0.25, -0.2) is 0 Å². The van der Waals surface area contributed by atoms with Crippen LogP contribution in [0.4, 0.5) is 0 Å². The number of hydrogen-bond acceptors (Lipinski definition) is 4. The number of hydrogen-bond donors (Lipinski definition) is 1. The van der Waals surface area contributed by atoms with Crippen LogP contribution < -0.4 is 5.32 Å². The largest absolute Gasteiger partial charge is 0.374 e. The molecule has 0 amide bonds. The van der Waals surface area contributed by atoms with E-state index in [4.69, 9.17) is 4.74 Å². The van der Waals surface area contributed by atoms with Gasteiger partial charge in [0.15, 0.2) is 0 Å². The van der Waals surface area contributed by atoms with Crippen LogP contribution in [0, 0.1) is 0 Å². The minimum atomic E-state index is 0.435. The van der Waals surface area contributed by atoms with E-state index in [1.165, 1.54) is 51.9 Å². The zero-order valence-corrected chi connectivity index (χ0v) is 12.3. The van der Waals surface area contributed by atoms with Gasteiger partial charge in [-0.05, 0) is 45.3 Å². The molecule has 0 radical (unpaired) electrons. The van der Waals surface area contributed by atoms with Crippen LogP contribution in [-0.2, 0) is 4.74 Å². The molecule has 3 aliphatic heterocycles. The zero-order valence-electron chi connectivity index (χ0n) is 12.3. The number of nitrogens with one attached hydrogen (secondary N) is 1. The van der Waals surface area contributed by atoms with Crippen molar-refractivity contribution in [1.29, 1.82) is 0 Å². The summed E-state index contributed by atoms with van der Waals surface area (Å²) in [6.07, 6.45) is 5.65. The summed E-state index contributed by atoms with van der Waals surface area (Å²) in [6.45, 7) is 10.4. The van der Waals surface area contributed by atoms with Crippen molar-refractivity contribution in [2.75, 3.05) is 45.9 Å². The van der Waals surface area contributed by atoms with Crippen LogP contribution in [0.5, 0.6) is 0 Å². The van der Waals surface area contributed by atoms with Crippen molar-refractivity contribution in [2.24, 2.45) is 0 Å². The molecule has 0 bridgehead atoms. The molecule has 0 aromatic heterocycles. The SMILES string of the molecule is CCC1CN(CC2CN3CCCC3CO2)CCCN1. The number of fused-ring (bicyclic) bond motifs is 1. The fraction of sp³-hybridized carbons (Fsp3) is 1.00. The lowest BCUT2D eigenvalue weighted by molar-refractivity contribution is -0.0611. The number of nitrogens with zero attached hydrogens (tertiary/aromatic N) is 2. The van der Waals surface area contributed by atoms with Gasteiger partial charge in [-0.15, -0.1) is 0 Å². The van der Waals surface area contributed by atoms with Gasteiger partial charge in [-0.1, -0.05) is 6.92 Å². The molecule has 0 aromatic carbocycles. The summed E-state index contributed by atoms with van der Waals surface area (Å²) in [7, 11) is 0. The topological polar surface area (TPSA) is 27.7 Å². The van der Waals surface area contributed by atoms with Crippen molar-refractivity contribution in [3.8, 4) is 0 Å². The molecule has 3 rings (SSSR count). The fourth-order valence-electron chi connectivity index (χ4n) is 3.80. The lowest BCUT2D eigenvalue weighted by Gasteiger charge is -2.37. The summed E-state index contributed by atoms with van der Waals surface area (Å²) in [5, 5.41) is 3.64. The second-order valence-electron chi connectivity index (χ2n) is 6.42. The summed E-state index contributed by atoms with van der Waals surface area (Å²) in [4.78, 5) is 5.27. The molecule has 3 heterocycles. The average molecular weight is 267 g/mol. The second-order valence-corrected chi connectivity index (χ2v) is 6.42. The lowest BCUT2D eigenvalue weighted by atomic mass is 10.1. The van der Waals surface area contributed by atoms with Crippen molar-refractivity contribution >= 4 is 0 Å². The molecule has 0 aliphatic carbocycles. The van der Waals surface area contributed by atoms with E-state index in [2.05, 4.69) is 22.0 Å². The van der Waals surface area contributed by atoms with Gasteiger partial charge in [0.1, 0.15) is 0 Å². The highest BCUT2D eigenvalue weighted by Gasteiger charge is 2.33. The minimum absolute atomic E-state index is 0.435. The first kappa shape index (κ1) is 13.8. The molecular weight excluding hydrogens is 238 g/mol. The van der Waals surface area contributed by atoms with Gasteiger partial charge in [0.2, 0.25) is 0 Å². The van der Waals surface area contributed by atoms with Crippen molar-refractivity contribution in [3.63, 3.8) is 0 Å². The highest BCUT2D eigenvalue weighted by molar-refractivity contribution is 4.87. The highest BCUT2D eigenvalue weighted by atomic mass is 16.5. The Labute approximate surface area is 117 Å². The van der Waals surface area contributed by atoms with E-state index in [0.717, 1.165) is 25.7 Å².